The Hall–Kier alpha value is -2.95. The van der Waals surface area contributed by atoms with Crippen molar-refractivity contribution in [3.63, 3.8) is 0 Å². The number of hydrogen-bond acceptors (Lipinski definition) is 10. The van der Waals surface area contributed by atoms with Gasteiger partial charge in [0.2, 0.25) is 34.4 Å². The predicted octanol–water partition coefficient (Wildman–Crippen LogP) is -5.71. The topological polar surface area (TPSA) is 263 Å². The van der Waals surface area contributed by atoms with Crippen LogP contribution in [0.3, 0.4) is 0 Å². The zero-order valence-corrected chi connectivity index (χ0v) is 17.8. The second kappa shape index (κ2) is 11.6. The highest BCUT2D eigenvalue weighted by Gasteiger charge is 2.43. The van der Waals surface area contributed by atoms with E-state index in [1.54, 1.807) is 0 Å². The average molecular weight is 478 g/mol. The van der Waals surface area contributed by atoms with Crippen molar-refractivity contribution in [2.75, 3.05) is 19.0 Å². The third-order valence-electron chi connectivity index (χ3n) is 4.35. The molecule has 11 N–H and O–H groups in total. The van der Waals surface area contributed by atoms with Gasteiger partial charge in [0.15, 0.2) is 0 Å². The number of carboxylic acid groups (broad SMARTS) is 1. The van der Waals surface area contributed by atoms with Gasteiger partial charge in [-0.05, 0) is 6.92 Å². The normalized spacial score (nSPS) is 30.6. The molecule has 1 aliphatic rings. The fourth-order valence-electron chi connectivity index (χ4n) is 2.46. The van der Waals surface area contributed by atoms with Crippen molar-refractivity contribution in [2.45, 2.75) is 42.4 Å². The molecule has 0 bridgehead atoms. The van der Waals surface area contributed by atoms with Gasteiger partial charge in [0.05, 0.1) is 25.7 Å². The maximum absolute atomic E-state index is 12.7. The van der Waals surface area contributed by atoms with Crippen LogP contribution >= 0.6 is 11.8 Å². The summed E-state index contributed by atoms with van der Waals surface area (Å²) in [4.78, 5) is 70.4. The lowest BCUT2D eigenvalue weighted by atomic mass is 10.1. The third-order valence-corrected chi connectivity index (χ3v) is 5.77. The predicted molar refractivity (Wildman–Crippen MR) is 108 cm³/mol. The van der Waals surface area contributed by atoms with Crippen LogP contribution in [0.25, 0.3) is 0 Å². The van der Waals surface area contributed by atoms with Crippen LogP contribution in [0, 0.1) is 0 Å². The largest absolute Gasteiger partial charge is 0.479 e. The van der Waals surface area contributed by atoms with E-state index in [0.717, 1.165) is 0 Å². The lowest BCUT2D eigenvalue weighted by Crippen LogP contribution is -2.61. The molecule has 0 aliphatic carbocycles. The van der Waals surface area contributed by atoms with Crippen LogP contribution in [0.1, 0.15) is 13.3 Å². The number of thioether (sulfide) groups is 1. The number of carboxylic acids is 1. The van der Waals surface area contributed by atoms with Gasteiger partial charge in [-0.2, -0.15) is 0 Å². The minimum Gasteiger partial charge on any atom is -0.479 e. The van der Waals surface area contributed by atoms with E-state index in [-0.39, 0.29) is 0 Å². The number of carbonyl (C=O) groups is 6. The van der Waals surface area contributed by atoms with E-state index >= 15 is 0 Å². The number of aliphatic hydroxyl groups is 2. The summed E-state index contributed by atoms with van der Waals surface area (Å²) >= 11 is 0.397. The van der Waals surface area contributed by atoms with Gasteiger partial charge < -0.3 is 48.1 Å². The molecule has 0 aromatic rings. The van der Waals surface area contributed by atoms with Crippen molar-refractivity contribution in [2.24, 2.45) is 11.5 Å². The van der Waals surface area contributed by atoms with Crippen molar-refractivity contribution in [1.82, 2.24) is 21.3 Å². The number of aliphatic hydroxyl groups excluding tert-OH is 2. The molecule has 15 nitrogen and oxygen atoms in total. The zero-order chi connectivity index (χ0) is 24.6. The summed E-state index contributed by atoms with van der Waals surface area (Å²) in [6.45, 7) is -0.760. The van der Waals surface area contributed by atoms with Gasteiger partial charge in [-0.25, -0.2) is 4.79 Å². The lowest BCUT2D eigenvalue weighted by molar-refractivity contribution is -0.145. The molecule has 3 unspecified atom stereocenters. The average Bonchev–Trinajstić information content (AvgIpc) is 2.72. The summed E-state index contributed by atoms with van der Waals surface area (Å²) in [6.07, 6.45) is -0.719. The van der Waals surface area contributed by atoms with E-state index in [9.17, 15) is 44.1 Å². The molecule has 180 valence electrons. The smallest absolute Gasteiger partial charge is 0.342 e. The molecule has 1 rings (SSSR count). The van der Waals surface area contributed by atoms with Crippen LogP contribution in [-0.4, -0.2) is 98.8 Å². The highest BCUT2D eigenvalue weighted by Crippen LogP contribution is 2.24. The van der Waals surface area contributed by atoms with E-state index in [2.05, 4.69) is 16.0 Å². The summed E-state index contributed by atoms with van der Waals surface area (Å²) < 4.78 is 0. The van der Waals surface area contributed by atoms with Gasteiger partial charge in [-0.15, -0.1) is 11.8 Å². The highest BCUT2D eigenvalue weighted by atomic mass is 32.2. The summed E-state index contributed by atoms with van der Waals surface area (Å²) in [5.74, 6) is -7.14. The zero-order valence-electron chi connectivity index (χ0n) is 17.0. The Morgan fingerprint density at radius 3 is 2.12 bits per heavy atom. The second-order valence-electron chi connectivity index (χ2n) is 6.90. The Kier molecular flexibility index (Phi) is 9.82. The number of nitrogens with one attached hydrogen (secondary N) is 4. The molecule has 0 radical (unpaired) electrons. The monoisotopic (exact) mass is 478 g/mol. The van der Waals surface area contributed by atoms with Crippen molar-refractivity contribution < 1.29 is 44.1 Å². The molecule has 1 fully saturated rings. The van der Waals surface area contributed by atoms with Gasteiger partial charge in [0.25, 0.3) is 0 Å². The Bertz CT molecular complexity index is 781. The summed E-state index contributed by atoms with van der Waals surface area (Å²) in [7, 11) is 0. The van der Waals surface area contributed by atoms with Crippen molar-refractivity contribution in [1.29, 1.82) is 0 Å². The summed E-state index contributed by atoms with van der Waals surface area (Å²) in [6, 6.07) is -5.83. The van der Waals surface area contributed by atoms with Gasteiger partial charge in [-0.1, -0.05) is 0 Å². The molecule has 32 heavy (non-hydrogen) atoms. The first kappa shape index (κ1) is 27.1. The highest BCUT2D eigenvalue weighted by molar-refractivity contribution is 8.01. The Labute approximate surface area is 186 Å². The Morgan fingerprint density at radius 1 is 1.03 bits per heavy atom. The molecule has 0 aromatic heterocycles. The van der Waals surface area contributed by atoms with Crippen LogP contribution in [-0.2, 0) is 28.8 Å². The molecule has 16 heteroatoms. The quantitative estimate of drug-likeness (QED) is 0.180. The Balaban J connectivity index is 3.38. The van der Waals surface area contributed by atoms with Crippen molar-refractivity contribution in [3.8, 4) is 0 Å². The van der Waals surface area contributed by atoms with Crippen LogP contribution in [0.2, 0.25) is 0 Å². The second-order valence-corrected chi connectivity index (χ2v) is 8.22. The lowest BCUT2D eigenvalue weighted by Gasteiger charge is -2.30. The standard InChI is InChI=1S/C16H26N6O9S/c1-6-11(26)20-8(2-10(18)25)14(29)22-16(5-24,15(30)31)32-4-7(17)12(27)21-9(3-23)13(28)19-6/h6-9,23-24H,2-5,17H2,1H3,(H2,18,25)(H,19,28)(H,20,26)(H,21,27)(H,22,29)(H,30,31)/t6-,7?,8?,9?,16+/m0/s1. The molecule has 0 aromatic carbocycles. The van der Waals surface area contributed by atoms with Crippen molar-refractivity contribution in [3.05, 3.63) is 0 Å². The van der Waals surface area contributed by atoms with Gasteiger partial charge >= 0.3 is 5.97 Å². The molecule has 1 aliphatic heterocycles. The first-order valence-corrected chi connectivity index (χ1v) is 10.2. The van der Waals surface area contributed by atoms with Crippen LogP contribution < -0.4 is 32.7 Å². The Morgan fingerprint density at radius 2 is 1.62 bits per heavy atom. The van der Waals surface area contributed by atoms with Crippen molar-refractivity contribution >= 4 is 47.3 Å². The van der Waals surface area contributed by atoms with E-state index in [0.29, 0.717) is 11.8 Å². The number of aliphatic carboxylic acids is 1. The molecule has 5 atom stereocenters. The summed E-state index contributed by atoms with van der Waals surface area (Å²) in [5, 5.41) is 37.2. The SMILES string of the molecule is C[C@@H]1NC(=O)C(CO)NC(=O)C(N)CS[C@](CO)(C(=O)O)NC(=O)C(CC(N)=O)NC1=O. The summed E-state index contributed by atoms with van der Waals surface area (Å²) in [5.41, 5.74) is 10.8. The minimum atomic E-state index is -2.38. The molecule has 0 spiro atoms. The number of primary amides is 1. The first-order chi connectivity index (χ1) is 14.9. The van der Waals surface area contributed by atoms with E-state index in [1.165, 1.54) is 6.92 Å². The number of hydrogen-bond donors (Lipinski definition) is 9. The van der Waals surface area contributed by atoms with E-state index < -0.39 is 89.9 Å². The molecule has 1 saturated heterocycles. The third kappa shape index (κ3) is 7.04. The minimum absolute atomic E-state index is 0.397. The molecular formula is C16H26N6O9S. The maximum Gasteiger partial charge on any atom is 0.342 e. The van der Waals surface area contributed by atoms with Crippen LogP contribution in [0.15, 0.2) is 0 Å². The number of amides is 5. The van der Waals surface area contributed by atoms with Gasteiger partial charge in [0.1, 0.15) is 18.1 Å². The molecule has 0 saturated carbocycles. The van der Waals surface area contributed by atoms with E-state index in [4.69, 9.17) is 11.5 Å². The van der Waals surface area contributed by atoms with Gasteiger partial charge in [-0.3, -0.25) is 24.0 Å². The van der Waals surface area contributed by atoms with Gasteiger partial charge in [0, 0.05) is 5.75 Å². The van der Waals surface area contributed by atoms with Crippen LogP contribution in [0.4, 0.5) is 0 Å². The molecule has 5 amide bonds. The fraction of sp³-hybridized carbons (Fsp3) is 0.625. The van der Waals surface area contributed by atoms with E-state index in [1.807, 2.05) is 5.32 Å². The first-order valence-electron chi connectivity index (χ1n) is 9.23. The van der Waals surface area contributed by atoms with Crippen LogP contribution in [0.5, 0.6) is 0 Å². The maximum atomic E-state index is 12.7. The number of rotatable bonds is 5. The molecular weight excluding hydrogens is 452 g/mol. The number of carbonyl (C=O) groups excluding carboxylic acids is 5. The molecule has 1 heterocycles. The number of nitrogens with two attached hydrogens (primary N) is 2. The fourth-order valence-corrected chi connectivity index (χ4v) is 3.46.